The van der Waals surface area contributed by atoms with Crippen molar-refractivity contribution in [2.24, 2.45) is 0 Å². The second kappa shape index (κ2) is 7.60. The molecular formula is C34H28N2. The monoisotopic (exact) mass is 464 g/mol. The largest absolute Gasteiger partial charge is 0.345 e. The molecule has 0 fully saturated rings. The van der Waals surface area contributed by atoms with Gasteiger partial charge in [-0.05, 0) is 70.8 Å². The molecule has 174 valence electrons. The van der Waals surface area contributed by atoms with Gasteiger partial charge in [0.25, 0.3) is 0 Å². The van der Waals surface area contributed by atoms with Crippen molar-refractivity contribution in [2.45, 2.75) is 19.3 Å². The summed E-state index contributed by atoms with van der Waals surface area (Å²) in [6, 6.07) is 42.0. The zero-order chi connectivity index (χ0) is 24.4. The van der Waals surface area contributed by atoms with Crippen molar-refractivity contribution >= 4 is 33.2 Å². The number of anilines is 2. The topological polar surface area (TPSA) is 8.17 Å². The van der Waals surface area contributed by atoms with E-state index in [9.17, 15) is 0 Å². The van der Waals surface area contributed by atoms with E-state index in [1.54, 1.807) is 0 Å². The Labute approximate surface area is 212 Å². The van der Waals surface area contributed by atoms with Crippen molar-refractivity contribution in [3.63, 3.8) is 0 Å². The Morgan fingerprint density at radius 2 is 1.11 bits per heavy atom. The number of hydrogen-bond donors (Lipinski definition) is 0. The van der Waals surface area contributed by atoms with Gasteiger partial charge < -0.3 is 9.47 Å². The molecule has 6 aromatic rings. The van der Waals surface area contributed by atoms with Crippen molar-refractivity contribution in [1.82, 2.24) is 4.57 Å². The summed E-state index contributed by atoms with van der Waals surface area (Å²) in [5.41, 5.74) is 11.5. The van der Waals surface area contributed by atoms with E-state index in [2.05, 4.69) is 146 Å². The lowest BCUT2D eigenvalue weighted by Crippen LogP contribution is -2.17. The average Bonchev–Trinajstić information content (AvgIpc) is 3.37. The Kier molecular flexibility index (Phi) is 4.44. The van der Waals surface area contributed by atoms with Crippen LogP contribution in [-0.4, -0.2) is 11.6 Å². The lowest BCUT2D eigenvalue weighted by Gasteiger charge is -2.25. The minimum Gasteiger partial charge on any atom is -0.345 e. The lowest BCUT2D eigenvalue weighted by molar-refractivity contribution is 0.660. The van der Waals surface area contributed by atoms with E-state index in [1.165, 1.54) is 61.1 Å². The third kappa shape index (κ3) is 2.91. The van der Waals surface area contributed by atoms with Crippen molar-refractivity contribution in [3.8, 4) is 16.8 Å². The summed E-state index contributed by atoms with van der Waals surface area (Å²) < 4.78 is 2.42. The van der Waals surface area contributed by atoms with Crippen LogP contribution in [0, 0.1) is 0 Å². The van der Waals surface area contributed by atoms with Gasteiger partial charge in [-0.15, -0.1) is 0 Å². The molecule has 0 unspecified atom stereocenters. The molecule has 0 saturated carbocycles. The molecular weight excluding hydrogens is 436 g/mol. The molecule has 1 aliphatic rings. The Morgan fingerprint density at radius 3 is 1.78 bits per heavy atom. The van der Waals surface area contributed by atoms with Crippen LogP contribution < -0.4 is 4.90 Å². The zero-order valence-electron chi connectivity index (χ0n) is 20.9. The minimum atomic E-state index is -0.0903. The van der Waals surface area contributed by atoms with Gasteiger partial charge in [-0.3, -0.25) is 0 Å². The van der Waals surface area contributed by atoms with E-state index in [4.69, 9.17) is 0 Å². The lowest BCUT2D eigenvalue weighted by atomic mass is 9.82. The minimum absolute atomic E-state index is 0.0903. The fraction of sp³-hybridized carbons (Fsp3) is 0.118. The van der Waals surface area contributed by atoms with Crippen LogP contribution >= 0.6 is 0 Å². The molecule has 0 N–H and O–H groups in total. The molecule has 0 atom stereocenters. The number of hydrogen-bond acceptors (Lipinski definition) is 1. The van der Waals surface area contributed by atoms with Crippen molar-refractivity contribution in [2.75, 3.05) is 11.9 Å². The molecule has 0 saturated heterocycles. The van der Waals surface area contributed by atoms with E-state index in [0.29, 0.717) is 0 Å². The first-order chi connectivity index (χ1) is 17.5. The van der Waals surface area contributed by atoms with Crippen LogP contribution in [-0.2, 0) is 5.41 Å². The predicted octanol–water partition coefficient (Wildman–Crippen LogP) is 8.86. The van der Waals surface area contributed by atoms with Gasteiger partial charge in [0.2, 0.25) is 0 Å². The van der Waals surface area contributed by atoms with E-state index in [0.717, 1.165) is 0 Å². The molecule has 0 bridgehead atoms. The molecule has 0 amide bonds. The number of benzene rings is 5. The van der Waals surface area contributed by atoms with Crippen LogP contribution in [0.5, 0.6) is 0 Å². The van der Waals surface area contributed by atoms with E-state index in [-0.39, 0.29) is 5.41 Å². The molecule has 0 spiro atoms. The van der Waals surface area contributed by atoms with Gasteiger partial charge in [-0.25, -0.2) is 0 Å². The van der Waals surface area contributed by atoms with Gasteiger partial charge in [-0.2, -0.15) is 0 Å². The SMILES string of the molecule is CN(c1ccccc1)c1ccc2c(c1)C(C)(C)c1cc(-n3c4ccccc4c4ccccc43)ccc1-2. The third-order valence-corrected chi connectivity index (χ3v) is 8.01. The molecule has 0 radical (unpaired) electrons. The Morgan fingerprint density at radius 1 is 0.556 bits per heavy atom. The molecule has 2 heteroatoms. The van der Waals surface area contributed by atoms with Crippen molar-refractivity contribution in [3.05, 3.63) is 126 Å². The summed E-state index contributed by atoms with van der Waals surface area (Å²) in [5.74, 6) is 0. The maximum atomic E-state index is 2.42. The standard InChI is InChI=1S/C34H28N2/c1-34(2)30-21-24(35(3)23-11-5-4-6-12-23)17-19-26(30)27-20-18-25(22-31(27)34)36-32-15-9-7-13-28(32)29-14-8-10-16-33(29)36/h4-22H,1-3H3. The first kappa shape index (κ1) is 21.0. The molecule has 36 heavy (non-hydrogen) atoms. The van der Waals surface area contributed by atoms with Crippen LogP contribution in [0.2, 0.25) is 0 Å². The second-order valence-electron chi connectivity index (χ2n) is 10.3. The molecule has 2 nitrogen and oxygen atoms in total. The van der Waals surface area contributed by atoms with Crippen molar-refractivity contribution < 1.29 is 0 Å². The Bertz CT molecular complexity index is 1720. The number of para-hydroxylation sites is 3. The first-order valence-electron chi connectivity index (χ1n) is 12.6. The highest BCUT2D eigenvalue weighted by molar-refractivity contribution is 6.09. The number of rotatable bonds is 3. The van der Waals surface area contributed by atoms with Crippen LogP contribution in [0.15, 0.2) is 115 Å². The highest BCUT2D eigenvalue weighted by Gasteiger charge is 2.36. The number of aromatic nitrogens is 1. The van der Waals surface area contributed by atoms with Gasteiger partial charge in [0, 0.05) is 40.3 Å². The molecule has 7 rings (SSSR count). The van der Waals surface area contributed by atoms with Crippen LogP contribution in [0.1, 0.15) is 25.0 Å². The summed E-state index contributed by atoms with van der Waals surface area (Å²) in [6.07, 6.45) is 0. The summed E-state index contributed by atoms with van der Waals surface area (Å²) in [6.45, 7) is 4.72. The summed E-state index contributed by atoms with van der Waals surface area (Å²) in [7, 11) is 2.15. The quantitative estimate of drug-likeness (QED) is 0.254. The van der Waals surface area contributed by atoms with Gasteiger partial charge >= 0.3 is 0 Å². The average molecular weight is 465 g/mol. The highest BCUT2D eigenvalue weighted by atomic mass is 15.1. The van der Waals surface area contributed by atoms with Crippen LogP contribution in [0.25, 0.3) is 38.6 Å². The molecule has 1 aromatic heterocycles. The Hall–Kier alpha value is -4.30. The van der Waals surface area contributed by atoms with Crippen LogP contribution in [0.4, 0.5) is 11.4 Å². The smallest absolute Gasteiger partial charge is 0.0541 e. The Balaban J connectivity index is 1.38. The second-order valence-corrected chi connectivity index (χ2v) is 10.3. The van der Waals surface area contributed by atoms with Crippen molar-refractivity contribution in [1.29, 1.82) is 0 Å². The fourth-order valence-electron chi connectivity index (χ4n) is 6.06. The molecule has 1 heterocycles. The van der Waals surface area contributed by atoms with E-state index in [1.807, 2.05) is 0 Å². The molecule has 1 aliphatic carbocycles. The first-order valence-corrected chi connectivity index (χ1v) is 12.6. The van der Waals surface area contributed by atoms with Gasteiger partial charge in [0.15, 0.2) is 0 Å². The maximum absolute atomic E-state index is 2.42. The summed E-state index contributed by atoms with van der Waals surface area (Å²) in [4.78, 5) is 2.27. The maximum Gasteiger partial charge on any atom is 0.0541 e. The van der Waals surface area contributed by atoms with Gasteiger partial charge in [-0.1, -0.05) is 80.6 Å². The molecule has 5 aromatic carbocycles. The van der Waals surface area contributed by atoms with Gasteiger partial charge in [0.1, 0.15) is 0 Å². The third-order valence-electron chi connectivity index (χ3n) is 8.01. The summed E-state index contributed by atoms with van der Waals surface area (Å²) >= 11 is 0. The zero-order valence-corrected chi connectivity index (χ0v) is 20.9. The van der Waals surface area contributed by atoms with E-state index < -0.39 is 0 Å². The highest BCUT2D eigenvalue weighted by Crippen LogP contribution is 2.50. The van der Waals surface area contributed by atoms with E-state index >= 15 is 0 Å². The normalized spacial score (nSPS) is 13.6. The number of nitrogens with zero attached hydrogens (tertiary/aromatic N) is 2. The fourth-order valence-corrected chi connectivity index (χ4v) is 6.06. The summed E-state index contributed by atoms with van der Waals surface area (Å²) in [5, 5.41) is 2.59. The van der Waals surface area contributed by atoms with Crippen LogP contribution in [0.3, 0.4) is 0 Å². The number of fused-ring (bicyclic) bond motifs is 6. The van der Waals surface area contributed by atoms with Gasteiger partial charge in [0.05, 0.1) is 11.0 Å². The predicted molar refractivity (Wildman–Crippen MR) is 153 cm³/mol. The molecule has 0 aliphatic heterocycles.